The molecule has 0 saturated carbocycles. The van der Waals surface area contributed by atoms with Gasteiger partial charge in [0.2, 0.25) is 0 Å². The van der Waals surface area contributed by atoms with Crippen LogP contribution < -0.4 is 5.32 Å². The zero-order valence-corrected chi connectivity index (χ0v) is 12.7. The molecule has 18 heavy (non-hydrogen) atoms. The van der Waals surface area contributed by atoms with E-state index in [-0.39, 0.29) is 0 Å². The Labute approximate surface area is 113 Å². The van der Waals surface area contributed by atoms with Crippen molar-refractivity contribution in [2.45, 2.75) is 46.1 Å². The molecule has 1 aliphatic heterocycles. The Morgan fingerprint density at radius 3 is 2.72 bits per heavy atom. The van der Waals surface area contributed by atoms with E-state index in [1.54, 1.807) is 0 Å². The Bertz CT molecular complexity index is 207. The third-order valence-corrected chi connectivity index (χ3v) is 3.87. The molecule has 0 spiro atoms. The first-order valence-electron chi connectivity index (χ1n) is 7.61. The highest BCUT2D eigenvalue weighted by molar-refractivity contribution is 4.80. The van der Waals surface area contributed by atoms with Crippen LogP contribution >= 0.6 is 0 Å². The summed E-state index contributed by atoms with van der Waals surface area (Å²) in [7, 11) is 1.82. The Morgan fingerprint density at radius 2 is 2.11 bits per heavy atom. The molecule has 0 aliphatic carbocycles. The third-order valence-electron chi connectivity index (χ3n) is 3.87. The van der Waals surface area contributed by atoms with Gasteiger partial charge >= 0.3 is 0 Å². The van der Waals surface area contributed by atoms with Crippen molar-refractivity contribution in [2.75, 3.05) is 39.9 Å². The summed E-state index contributed by atoms with van der Waals surface area (Å²) in [6.07, 6.45) is 3.90. The molecule has 3 heteroatoms. The van der Waals surface area contributed by atoms with E-state index < -0.39 is 0 Å². The maximum absolute atomic E-state index is 5.31. The molecule has 108 valence electrons. The molecule has 0 bridgehead atoms. The summed E-state index contributed by atoms with van der Waals surface area (Å²) in [6.45, 7) is 12.5. The highest BCUT2D eigenvalue weighted by Gasteiger charge is 2.24. The van der Waals surface area contributed by atoms with Gasteiger partial charge in [-0.05, 0) is 44.2 Å². The molecular weight excluding hydrogens is 224 g/mol. The number of rotatable bonds is 8. The molecule has 1 heterocycles. The summed E-state index contributed by atoms with van der Waals surface area (Å²) in [6, 6.07) is 0.698. The smallest absolute Gasteiger partial charge is 0.0502 e. The molecule has 1 fully saturated rings. The highest BCUT2D eigenvalue weighted by atomic mass is 16.5. The van der Waals surface area contributed by atoms with Crippen LogP contribution in [0.4, 0.5) is 0 Å². The van der Waals surface area contributed by atoms with Gasteiger partial charge in [-0.1, -0.05) is 20.8 Å². The molecule has 0 amide bonds. The lowest BCUT2D eigenvalue weighted by atomic mass is 9.97. The van der Waals surface area contributed by atoms with Gasteiger partial charge in [0.05, 0.1) is 6.61 Å². The van der Waals surface area contributed by atoms with Gasteiger partial charge in [-0.15, -0.1) is 0 Å². The number of ether oxygens (including phenoxy) is 1. The van der Waals surface area contributed by atoms with Crippen LogP contribution in [0.25, 0.3) is 0 Å². The van der Waals surface area contributed by atoms with E-state index in [0.29, 0.717) is 6.04 Å². The zero-order chi connectivity index (χ0) is 13.4. The van der Waals surface area contributed by atoms with E-state index >= 15 is 0 Å². The quantitative estimate of drug-likeness (QED) is 0.721. The topological polar surface area (TPSA) is 24.5 Å². The van der Waals surface area contributed by atoms with Crippen molar-refractivity contribution in [3.05, 3.63) is 0 Å². The second-order valence-electron chi connectivity index (χ2n) is 6.07. The molecule has 0 aromatic rings. The first kappa shape index (κ1) is 15.9. The molecular formula is C15H32N2O. The predicted octanol–water partition coefficient (Wildman–Crippen LogP) is 2.37. The Balaban J connectivity index is 2.33. The standard InChI is InChI=1S/C15H32N2O/c1-5-15(10-16-9-13(2)3)17-8-6-7-14(11-17)12-18-4/h13-16H,5-12H2,1-4H3. The van der Waals surface area contributed by atoms with E-state index in [9.17, 15) is 0 Å². The predicted molar refractivity (Wildman–Crippen MR) is 78.0 cm³/mol. The average molecular weight is 256 g/mol. The molecule has 1 N–H and O–H groups in total. The number of likely N-dealkylation sites (tertiary alicyclic amines) is 1. The lowest BCUT2D eigenvalue weighted by Gasteiger charge is -2.38. The number of nitrogens with zero attached hydrogens (tertiary/aromatic N) is 1. The molecule has 0 aromatic heterocycles. The fourth-order valence-corrected chi connectivity index (χ4v) is 2.87. The Hall–Kier alpha value is -0.120. The largest absolute Gasteiger partial charge is 0.384 e. The first-order valence-corrected chi connectivity index (χ1v) is 7.61. The minimum Gasteiger partial charge on any atom is -0.384 e. The second-order valence-corrected chi connectivity index (χ2v) is 6.07. The van der Waals surface area contributed by atoms with E-state index in [4.69, 9.17) is 4.74 Å². The summed E-state index contributed by atoms with van der Waals surface area (Å²) in [5.41, 5.74) is 0. The Morgan fingerprint density at radius 1 is 1.33 bits per heavy atom. The van der Waals surface area contributed by atoms with Crippen molar-refractivity contribution in [1.29, 1.82) is 0 Å². The van der Waals surface area contributed by atoms with Gasteiger partial charge in [-0.2, -0.15) is 0 Å². The van der Waals surface area contributed by atoms with Crippen LogP contribution in [0.15, 0.2) is 0 Å². The molecule has 3 nitrogen and oxygen atoms in total. The van der Waals surface area contributed by atoms with Gasteiger partial charge in [-0.25, -0.2) is 0 Å². The fraction of sp³-hybridized carbons (Fsp3) is 1.00. The molecule has 2 atom stereocenters. The van der Waals surface area contributed by atoms with Crippen molar-refractivity contribution >= 4 is 0 Å². The molecule has 1 aliphatic rings. The van der Waals surface area contributed by atoms with Gasteiger partial charge in [-0.3, -0.25) is 4.90 Å². The SMILES string of the molecule is CCC(CNCC(C)C)N1CCCC(COC)C1. The minimum absolute atomic E-state index is 0.698. The third kappa shape index (κ3) is 5.68. The van der Waals surface area contributed by atoms with Crippen molar-refractivity contribution in [3.8, 4) is 0 Å². The summed E-state index contributed by atoms with van der Waals surface area (Å²) in [4.78, 5) is 2.67. The normalized spacial score (nSPS) is 23.5. The van der Waals surface area contributed by atoms with Gasteiger partial charge < -0.3 is 10.1 Å². The van der Waals surface area contributed by atoms with Crippen LogP contribution in [0.5, 0.6) is 0 Å². The van der Waals surface area contributed by atoms with Crippen molar-refractivity contribution in [3.63, 3.8) is 0 Å². The van der Waals surface area contributed by atoms with E-state index in [1.807, 2.05) is 7.11 Å². The molecule has 0 radical (unpaired) electrons. The fourth-order valence-electron chi connectivity index (χ4n) is 2.87. The number of methoxy groups -OCH3 is 1. The Kier molecular flexibility index (Phi) is 7.87. The van der Waals surface area contributed by atoms with Gasteiger partial charge in [0.15, 0.2) is 0 Å². The van der Waals surface area contributed by atoms with E-state index in [1.165, 1.54) is 32.4 Å². The maximum Gasteiger partial charge on any atom is 0.0502 e. The molecule has 1 saturated heterocycles. The molecule has 0 aromatic carbocycles. The number of hydrogen-bond donors (Lipinski definition) is 1. The van der Waals surface area contributed by atoms with Crippen LogP contribution in [0, 0.1) is 11.8 Å². The second kappa shape index (κ2) is 8.89. The van der Waals surface area contributed by atoms with Crippen LogP contribution in [-0.2, 0) is 4.74 Å². The van der Waals surface area contributed by atoms with Gasteiger partial charge in [0.1, 0.15) is 0 Å². The van der Waals surface area contributed by atoms with Crippen molar-refractivity contribution in [2.24, 2.45) is 11.8 Å². The molecule has 1 rings (SSSR count). The highest BCUT2D eigenvalue weighted by Crippen LogP contribution is 2.19. The summed E-state index contributed by atoms with van der Waals surface area (Å²) in [5.74, 6) is 1.48. The van der Waals surface area contributed by atoms with Crippen LogP contribution in [0.2, 0.25) is 0 Å². The zero-order valence-electron chi connectivity index (χ0n) is 12.7. The van der Waals surface area contributed by atoms with E-state index in [2.05, 4.69) is 31.0 Å². The summed E-state index contributed by atoms with van der Waals surface area (Å²) < 4.78 is 5.31. The average Bonchev–Trinajstić information content (AvgIpc) is 2.35. The van der Waals surface area contributed by atoms with Crippen molar-refractivity contribution < 1.29 is 4.74 Å². The van der Waals surface area contributed by atoms with E-state index in [0.717, 1.165) is 31.5 Å². The monoisotopic (exact) mass is 256 g/mol. The molecule has 2 unspecified atom stereocenters. The number of hydrogen-bond acceptors (Lipinski definition) is 3. The summed E-state index contributed by atoms with van der Waals surface area (Å²) >= 11 is 0. The van der Waals surface area contributed by atoms with Crippen molar-refractivity contribution in [1.82, 2.24) is 10.2 Å². The van der Waals surface area contributed by atoms with Gasteiger partial charge in [0.25, 0.3) is 0 Å². The van der Waals surface area contributed by atoms with Crippen LogP contribution in [-0.4, -0.2) is 50.8 Å². The number of nitrogens with one attached hydrogen (secondary N) is 1. The summed E-state index contributed by atoms with van der Waals surface area (Å²) in [5, 5.41) is 3.61. The lowest BCUT2D eigenvalue weighted by molar-refractivity contribution is 0.0664. The minimum atomic E-state index is 0.698. The lowest BCUT2D eigenvalue weighted by Crippen LogP contribution is -2.48. The van der Waals surface area contributed by atoms with Crippen LogP contribution in [0.1, 0.15) is 40.0 Å². The number of piperidine rings is 1. The maximum atomic E-state index is 5.31. The van der Waals surface area contributed by atoms with Gasteiger partial charge in [0, 0.05) is 26.2 Å². The van der Waals surface area contributed by atoms with Crippen LogP contribution in [0.3, 0.4) is 0 Å². The first-order chi connectivity index (χ1) is 8.67.